The quantitative estimate of drug-likeness (QED) is 0.580. The normalized spacial score (nSPS) is 13.5. The van der Waals surface area contributed by atoms with E-state index in [-0.39, 0.29) is 6.04 Å². The summed E-state index contributed by atoms with van der Waals surface area (Å²) in [7, 11) is 0. The molecule has 1 aromatic rings. The lowest BCUT2D eigenvalue weighted by Crippen LogP contribution is -2.01. The summed E-state index contributed by atoms with van der Waals surface area (Å²) in [5.41, 5.74) is 6.63. The molecule has 1 atom stereocenters. The second-order valence-corrected chi connectivity index (χ2v) is 4.20. The van der Waals surface area contributed by atoms with Crippen LogP contribution >= 0.6 is 0 Å². The van der Waals surface area contributed by atoms with Crippen molar-refractivity contribution in [3.8, 4) is 0 Å². The number of aliphatic imine (C=N–C) groups is 1. The highest BCUT2D eigenvalue weighted by molar-refractivity contribution is 5.52. The van der Waals surface area contributed by atoms with Gasteiger partial charge in [0.25, 0.3) is 0 Å². The van der Waals surface area contributed by atoms with Gasteiger partial charge < -0.3 is 5.73 Å². The molecule has 82 valence electrons. The van der Waals surface area contributed by atoms with Crippen LogP contribution in [0.2, 0.25) is 0 Å². The van der Waals surface area contributed by atoms with E-state index in [0.717, 1.165) is 6.42 Å². The van der Waals surface area contributed by atoms with Gasteiger partial charge in [0.2, 0.25) is 0 Å². The molecule has 0 fully saturated rings. The smallest absolute Gasteiger partial charge is 0.0805 e. The molecular weight excluding hydrogens is 184 g/mol. The highest BCUT2D eigenvalue weighted by Crippen LogP contribution is 2.23. The molecule has 1 rings (SSSR count). The van der Waals surface area contributed by atoms with E-state index < -0.39 is 0 Å². The van der Waals surface area contributed by atoms with E-state index in [4.69, 9.17) is 5.73 Å². The van der Waals surface area contributed by atoms with E-state index in [0.29, 0.717) is 5.92 Å². The summed E-state index contributed by atoms with van der Waals surface area (Å²) < 4.78 is 0. The minimum absolute atomic E-state index is 0.221. The SMILES string of the molecule is CC(C)CCC(/N=C/N)c1ccccc1. The molecular formula is C13H20N2. The molecule has 0 aliphatic carbocycles. The van der Waals surface area contributed by atoms with Crippen LogP contribution in [-0.2, 0) is 0 Å². The maximum atomic E-state index is 5.38. The van der Waals surface area contributed by atoms with Crippen LogP contribution in [-0.4, -0.2) is 6.34 Å². The van der Waals surface area contributed by atoms with Crippen LogP contribution in [0, 0.1) is 5.92 Å². The Balaban J connectivity index is 2.66. The zero-order valence-electron chi connectivity index (χ0n) is 9.56. The molecule has 15 heavy (non-hydrogen) atoms. The summed E-state index contributed by atoms with van der Waals surface area (Å²) in [4.78, 5) is 4.32. The summed E-state index contributed by atoms with van der Waals surface area (Å²) in [6.45, 7) is 4.46. The topological polar surface area (TPSA) is 38.4 Å². The van der Waals surface area contributed by atoms with Crippen LogP contribution in [0.3, 0.4) is 0 Å². The third-order valence-corrected chi connectivity index (χ3v) is 2.47. The molecule has 0 saturated carbocycles. The molecule has 0 spiro atoms. The Morgan fingerprint density at radius 3 is 2.40 bits per heavy atom. The van der Waals surface area contributed by atoms with E-state index in [2.05, 4.69) is 31.0 Å². The van der Waals surface area contributed by atoms with Crippen molar-refractivity contribution in [2.24, 2.45) is 16.6 Å². The fourth-order valence-electron chi connectivity index (χ4n) is 1.60. The zero-order valence-corrected chi connectivity index (χ0v) is 9.56. The van der Waals surface area contributed by atoms with Crippen molar-refractivity contribution >= 4 is 6.34 Å². The largest absolute Gasteiger partial charge is 0.390 e. The van der Waals surface area contributed by atoms with Crippen LogP contribution in [0.1, 0.15) is 38.3 Å². The van der Waals surface area contributed by atoms with Gasteiger partial charge in [-0.3, -0.25) is 4.99 Å². The summed E-state index contributed by atoms with van der Waals surface area (Å²) in [6.07, 6.45) is 3.66. The molecule has 0 bridgehead atoms. The zero-order chi connectivity index (χ0) is 11.1. The molecule has 2 heteroatoms. The van der Waals surface area contributed by atoms with Gasteiger partial charge in [0, 0.05) is 0 Å². The summed E-state index contributed by atoms with van der Waals surface area (Å²) in [6, 6.07) is 10.6. The predicted octanol–water partition coefficient (Wildman–Crippen LogP) is 3.15. The number of rotatable bonds is 5. The van der Waals surface area contributed by atoms with E-state index in [1.165, 1.54) is 18.3 Å². The monoisotopic (exact) mass is 204 g/mol. The van der Waals surface area contributed by atoms with Crippen LogP contribution in [0.4, 0.5) is 0 Å². The van der Waals surface area contributed by atoms with Gasteiger partial charge in [0.05, 0.1) is 12.4 Å². The molecule has 2 nitrogen and oxygen atoms in total. The van der Waals surface area contributed by atoms with Crippen molar-refractivity contribution in [2.45, 2.75) is 32.7 Å². The molecule has 1 aromatic carbocycles. The first-order valence-electron chi connectivity index (χ1n) is 5.52. The van der Waals surface area contributed by atoms with E-state index in [9.17, 15) is 0 Å². The van der Waals surface area contributed by atoms with Gasteiger partial charge in [-0.15, -0.1) is 0 Å². The van der Waals surface area contributed by atoms with Crippen LogP contribution < -0.4 is 5.73 Å². The van der Waals surface area contributed by atoms with E-state index in [1.54, 1.807) is 0 Å². The first-order valence-corrected chi connectivity index (χ1v) is 5.52. The molecule has 0 aliphatic rings. The first kappa shape index (κ1) is 11.8. The van der Waals surface area contributed by atoms with Gasteiger partial charge in [-0.25, -0.2) is 0 Å². The molecule has 2 N–H and O–H groups in total. The van der Waals surface area contributed by atoms with Gasteiger partial charge in [0.15, 0.2) is 0 Å². The second kappa shape index (κ2) is 6.23. The Morgan fingerprint density at radius 1 is 1.20 bits per heavy atom. The molecule has 0 aliphatic heterocycles. The number of nitrogens with zero attached hydrogens (tertiary/aromatic N) is 1. The van der Waals surface area contributed by atoms with E-state index >= 15 is 0 Å². The van der Waals surface area contributed by atoms with Gasteiger partial charge in [0.1, 0.15) is 0 Å². The van der Waals surface area contributed by atoms with Crippen molar-refractivity contribution in [3.05, 3.63) is 35.9 Å². The van der Waals surface area contributed by atoms with Crippen LogP contribution in [0.25, 0.3) is 0 Å². The minimum Gasteiger partial charge on any atom is -0.390 e. The van der Waals surface area contributed by atoms with Gasteiger partial charge >= 0.3 is 0 Å². The summed E-state index contributed by atoms with van der Waals surface area (Å²) in [5, 5.41) is 0. The lowest BCUT2D eigenvalue weighted by molar-refractivity contribution is 0.509. The summed E-state index contributed by atoms with van der Waals surface area (Å²) >= 11 is 0. The average molecular weight is 204 g/mol. The molecule has 0 amide bonds. The lowest BCUT2D eigenvalue weighted by Gasteiger charge is -2.13. The van der Waals surface area contributed by atoms with Gasteiger partial charge in [-0.1, -0.05) is 44.2 Å². The molecule has 0 aromatic heterocycles. The van der Waals surface area contributed by atoms with Crippen molar-refractivity contribution in [3.63, 3.8) is 0 Å². The number of hydrogen-bond acceptors (Lipinski definition) is 1. The minimum atomic E-state index is 0.221. The van der Waals surface area contributed by atoms with Gasteiger partial charge in [-0.2, -0.15) is 0 Å². The number of hydrogen-bond donors (Lipinski definition) is 1. The molecule has 0 saturated heterocycles. The predicted molar refractivity (Wildman–Crippen MR) is 65.9 cm³/mol. The number of nitrogens with two attached hydrogens (primary N) is 1. The maximum absolute atomic E-state index is 5.38. The Morgan fingerprint density at radius 2 is 1.87 bits per heavy atom. The lowest BCUT2D eigenvalue weighted by atomic mass is 9.98. The Bertz CT molecular complexity index is 291. The Kier molecular flexibility index (Phi) is 4.88. The van der Waals surface area contributed by atoms with Crippen molar-refractivity contribution in [2.75, 3.05) is 0 Å². The highest BCUT2D eigenvalue weighted by atomic mass is 14.8. The molecule has 0 heterocycles. The second-order valence-electron chi connectivity index (χ2n) is 4.20. The Labute approximate surface area is 92.2 Å². The highest BCUT2D eigenvalue weighted by Gasteiger charge is 2.09. The average Bonchev–Trinajstić information content (AvgIpc) is 2.25. The Hall–Kier alpha value is -1.31. The van der Waals surface area contributed by atoms with Crippen LogP contribution in [0.5, 0.6) is 0 Å². The maximum Gasteiger partial charge on any atom is 0.0805 e. The fourth-order valence-corrected chi connectivity index (χ4v) is 1.60. The first-order chi connectivity index (χ1) is 7.24. The van der Waals surface area contributed by atoms with Crippen molar-refractivity contribution < 1.29 is 0 Å². The van der Waals surface area contributed by atoms with Crippen molar-refractivity contribution in [1.29, 1.82) is 0 Å². The van der Waals surface area contributed by atoms with Crippen molar-refractivity contribution in [1.82, 2.24) is 0 Å². The third-order valence-electron chi connectivity index (χ3n) is 2.47. The third kappa shape index (κ3) is 4.15. The molecule has 0 radical (unpaired) electrons. The molecule has 1 unspecified atom stereocenters. The number of benzene rings is 1. The van der Waals surface area contributed by atoms with E-state index in [1.807, 2.05) is 18.2 Å². The van der Waals surface area contributed by atoms with Crippen LogP contribution in [0.15, 0.2) is 35.3 Å². The van der Waals surface area contributed by atoms with Gasteiger partial charge in [-0.05, 0) is 24.3 Å². The standard InChI is InChI=1S/C13H20N2/c1-11(2)8-9-13(15-10-14)12-6-4-3-5-7-12/h3-7,10-11,13H,8-9H2,1-2H3,(H2,14,15). The fraction of sp³-hybridized carbons (Fsp3) is 0.462. The summed E-state index contributed by atoms with van der Waals surface area (Å²) in [5.74, 6) is 0.712.